The lowest BCUT2D eigenvalue weighted by atomic mass is 9.88. The molecule has 0 radical (unpaired) electrons. The molecule has 1 fully saturated rings. The van der Waals surface area contributed by atoms with Gasteiger partial charge in [0.1, 0.15) is 5.82 Å². The molecule has 6 nitrogen and oxygen atoms in total. The number of benzene rings is 2. The van der Waals surface area contributed by atoms with E-state index < -0.39 is 0 Å². The Morgan fingerprint density at radius 1 is 1.13 bits per heavy atom. The van der Waals surface area contributed by atoms with Gasteiger partial charge in [-0.2, -0.15) is 5.10 Å². The molecule has 0 spiro atoms. The molecule has 4 rings (SSSR count). The molecule has 7 heteroatoms. The first-order valence-corrected chi connectivity index (χ1v) is 10.3. The highest BCUT2D eigenvalue weighted by molar-refractivity contribution is 6.01. The molecule has 1 aliphatic heterocycles. The van der Waals surface area contributed by atoms with Crippen molar-refractivity contribution in [3.8, 4) is 0 Å². The van der Waals surface area contributed by atoms with E-state index in [1.807, 2.05) is 32.2 Å². The minimum absolute atomic E-state index is 0.0966. The van der Waals surface area contributed by atoms with Gasteiger partial charge in [-0.1, -0.05) is 12.1 Å². The van der Waals surface area contributed by atoms with Crippen LogP contribution >= 0.6 is 0 Å². The summed E-state index contributed by atoms with van der Waals surface area (Å²) in [5.41, 5.74) is 2.30. The number of hydrogen-bond donors (Lipinski definition) is 0. The SMILES string of the molecule is CCN(C(=O)N1CCC(C(=O)c2ccc3cnn(C)c3c2)CC1)c1ccc(F)cc1. The maximum atomic E-state index is 13.2. The van der Waals surface area contributed by atoms with Crippen LogP contribution in [0, 0.1) is 11.7 Å². The van der Waals surface area contributed by atoms with E-state index in [1.54, 1.807) is 32.8 Å². The molecule has 3 aromatic rings. The highest BCUT2D eigenvalue weighted by Crippen LogP contribution is 2.26. The fourth-order valence-corrected chi connectivity index (χ4v) is 4.09. The Morgan fingerprint density at radius 2 is 1.83 bits per heavy atom. The Balaban J connectivity index is 1.42. The number of amides is 2. The van der Waals surface area contributed by atoms with Gasteiger partial charge >= 0.3 is 6.03 Å². The average molecular weight is 408 g/mol. The van der Waals surface area contributed by atoms with Crippen LogP contribution in [0.3, 0.4) is 0 Å². The average Bonchev–Trinajstić information content (AvgIpc) is 3.15. The molecule has 0 atom stereocenters. The highest BCUT2D eigenvalue weighted by atomic mass is 19.1. The van der Waals surface area contributed by atoms with E-state index in [-0.39, 0.29) is 23.5 Å². The Kier molecular flexibility index (Phi) is 5.53. The zero-order valence-corrected chi connectivity index (χ0v) is 17.2. The Hall–Kier alpha value is -3.22. The van der Waals surface area contributed by atoms with Gasteiger partial charge < -0.3 is 4.90 Å². The predicted octanol–water partition coefficient (Wildman–Crippen LogP) is 4.25. The molecule has 0 saturated carbocycles. The number of fused-ring (bicyclic) bond motifs is 1. The standard InChI is InChI=1S/C23H25FN4O2/c1-3-28(20-8-6-19(24)7-9-20)23(30)27-12-10-16(11-13-27)22(29)17-4-5-18-15-25-26(2)21(18)14-17/h4-9,14-16H,3,10-13H2,1-2H3. The second-order valence-electron chi connectivity index (χ2n) is 7.67. The number of piperidine rings is 1. The van der Waals surface area contributed by atoms with Gasteiger partial charge in [-0.15, -0.1) is 0 Å². The molecule has 156 valence electrons. The Morgan fingerprint density at radius 3 is 2.50 bits per heavy atom. The number of aryl methyl sites for hydroxylation is 1. The summed E-state index contributed by atoms with van der Waals surface area (Å²) in [6, 6.07) is 11.5. The molecule has 30 heavy (non-hydrogen) atoms. The number of Topliss-reactive ketones (excluding diaryl/α,β-unsaturated/α-hetero) is 1. The number of carbonyl (C=O) groups is 2. The lowest BCUT2D eigenvalue weighted by Crippen LogP contribution is -2.47. The first kappa shape index (κ1) is 20.1. The highest BCUT2D eigenvalue weighted by Gasteiger charge is 2.30. The number of ketones is 1. The monoisotopic (exact) mass is 408 g/mol. The summed E-state index contributed by atoms with van der Waals surface area (Å²) in [4.78, 5) is 29.4. The predicted molar refractivity (Wildman–Crippen MR) is 114 cm³/mol. The number of likely N-dealkylation sites (tertiary alicyclic amines) is 1. The number of halogens is 1. The van der Waals surface area contributed by atoms with Gasteiger partial charge in [-0.3, -0.25) is 14.4 Å². The molecule has 1 aromatic heterocycles. The van der Waals surface area contributed by atoms with Crippen LogP contribution in [0.5, 0.6) is 0 Å². The van der Waals surface area contributed by atoms with Crippen LogP contribution in [0.25, 0.3) is 10.9 Å². The minimum atomic E-state index is -0.328. The molecule has 1 saturated heterocycles. The van der Waals surface area contributed by atoms with Gasteiger partial charge in [0.25, 0.3) is 0 Å². The van der Waals surface area contributed by atoms with Gasteiger partial charge in [-0.05, 0) is 50.1 Å². The lowest BCUT2D eigenvalue weighted by molar-refractivity contribution is 0.0857. The number of nitrogens with zero attached hydrogens (tertiary/aromatic N) is 4. The molecular weight excluding hydrogens is 383 g/mol. The number of hydrogen-bond acceptors (Lipinski definition) is 3. The third kappa shape index (κ3) is 3.79. The molecule has 0 aliphatic carbocycles. The van der Waals surface area contributed by atoms with Crippen LogP contribution in [0.15, 0.2) is 48.7 Å². The summed E-state index contributed by atoms with van der Waals surface area (Å²) in [7, 11) is 1.86. The summed E-state index contributed by atoms with van der Waals surface area (Å²) in [5.74, 6) is -0.303. The largest absolute Gasteiger partial charge is 0.324 e. The zero-order chi connectivity index (χ0) is 21.3. The van der Waals surface area contributed by atoms with Crippen molar-refractivity contribution in [2.24, 2.45) is 13.0 Å². The summed E-state index contributed by atoms with van der Waals surface area (Å²) in [6.07, 6.45) is 3.05. The number of carbonyl (C=O) groups excluding carboxylic acids is 2. The van der Waals surface area contributed by atoms with Crippen molar-refractivity contribution in [2.45, 2.75) is 19.8 Å². The smallest absolute Gasteiger partial charge is 0.324 e. The third-order valence-corrected chi connectivity index (χ3v) is 5.86. The van der Waals surface area contributed by atoms with Crippen molar-refractivity contribution >= 4 is 28.4 Å². The topological polar surface area (TPSA) is 58.4 Å². The van der Waals surface area contributed by atoms with Crippen LogP contribution in [-0.4, -0.2) is 46.1 Å². The molecule has 0 N–H and O–H groups in total. The van der Waals surface area contributed by atoms with Crippen LogP contribution in [0.4, 0.5) is 14.9 Å². The van der Waals surface area contributed by atoms with Crippen molar-refractivity contribution in [3.63, 3.8) is 0 Å². The van der Waals surface area contributed by atoms with Crippen molar-refractivity contribution in [3.05, 3.63) is 60.0 Å². The first-order chi connectivity index (χ1) is 14.5. The summed E-state index contributed by atoms with van der Waals surface area (Å²) in [6.45, 7) is 3.45. The molecular formula is C23H25FN4O2. The summed E-state index contributed by atoms with van der Waals surface area (Å²) in [5, 5.41) is 5.24. The second kappa shape index (κ2) is 8.26. The van der Waals surface area contributed by atoms with Crippen LogP contribution in [0.1, 0.15) is 30.1 Å². The van der Waals surface area contributed by atoms with Gasteiger partial charge in [0.05, 0.1) is 11.7 Å². The van der Waals surface area contributed by atoms with E-state index in [0.717, 1.165) is 10.9 Å². The first-order valence-electron chi connectivity index (χ1n) is 10.3. The van der Waals surface area contributed by atoms with E-state index in [9.17, 15) is 14.0 Å². The maximum absolute atomic E-state index is 13.2. The molecule has 2 aromatic carbocycles. The van der Waals surface area contributed by atoms with Crippen LogP contribution in [-0.2, 0) is 7.05 Å². The van der Waals surface area contributed by atoms with Crippen molar-refractivity contribution in [2.75, 3.05) is 24.5 Å². The van der Waals surface area contributed by atoms with Crippen molar-refractivity contribution < 1.29 is 14.0 Å². The van der Waals surface area contributed by atoms with Crippen LogP contribution in [0.2, 0.25) is 0 Å². The summed E-state index contributed by atoms with van der Waals surface area (Å²) < 4.78 is 15.0. The van der Waals surface area contributed by atoms with E-state index in [0.29, 0.717) is 43.7 Å². The maximum Gasteiger partial charge on any atom is 0.324 e. The minimum Gasteiger partial charge on any atom is -0.324 e. The van der Waals surface area contributed by atoms with E-state index in [2.05, 4.69) is 5.10 Å². The van der Waals surface area contributed by atoms with Gasteiger partial charge in [0.2, 0.25) is 0 Å². The van der Waals surface area contributed by atoms with Gasteiger partial charge in [-0.25, -0.2) is 9.18 Å². The van der Waals surface area contributed by atoms with E-state index in [4.69, 9.17) is 0 Å². The zero-order valence-electron chi connectivity index (χ0n) is 17.2. The summed E-state index contributed by atoms with van der Waals surface area (Å²) >= 11 is 0. The van der Waals surface area contributed by atoms with Crippen molar-refractivity contribution in [1.82, 2.24) is 14.7 Å². The number of urea groups is 1. The fraction of sp³-hybridized carbons (Fsp3) is 0.348. The Labute approximate surface area is 174 Å². The number of rotatable bonds is 4. The molecule has 0 unspecified atom stereocenters. The normalized spacial score (nSPS) is 14.8. The Bertz CT molecular complexity index is 1070. The third-order valence-electron chi connectivity index (χ3n) is 5.86. The van der Waals surface area contributed by atoms with E-state index in [1.165, 1.54) is 12.1 Å². The molecule has 1 aliphatic rings. The molecule has 2 amide bonds. The quantitative estimate of drug-likeness (QED) is 0.607. The number of anilines is 1. The molecule has 0 bridgehead atoms. The van der Waals surface area contributed by atoms with Gasteiger partial charge in [0.15, 0.2) is 5.78 Å². The molecule has 2 heterocycles. The van der Waals surface area contributed by atoms with E-state index >= 15 is 0 Å². The van der Waals surface area contributed by atoms with Gasteiger partial charge in [0, 0.05) is 49.2 Å². The van der Waals surface area contributed by atoms with Crippen LogP contribution < -0.4 is 4.90 Å². The lowest BCUT2D eigenvalue weighted by Gasteiger charge is -2.35. The second-order valence-corrected chi connectivity index (χ2v) is 7.67. The van der Waals surface area contributed by atoms with Crippen molar-refractivity contribution in [1.29, 1.82) is 0 Å². The fourth-order valence-electron chi connectivity index (χ4n) is 4.09. The number of aromatic nitrogens is 2.